The molecular formula is C16H24N4O. The molecule has 5 nitrogen and oxygen atoms in total. The lowest BCUT2D eigenvalue weighted by Crippen LogP contribution is -2.22. The summed E-state index contributed by atoms with van der Waals surface area (Å²) in [7, 11) is 4.10. The van der Waals surface area contributed by atoms with E-state index in [4.69, 9.17) is 4.74 Å². The Hall–Kier alpha value is -1.69. The molecule has 0 aliphatic carbocycles. The van der Waals surface area contributed by atoms with Crippen molar-refractivity contribution in [1.29, 1.82) is 0 Å². The average Bonchev–Trinajstić information content (AvgIpc) is 2.96. The Labute approximate surface area is 126 Å². The second kappa shape index (κ2) is 8.56. The maximum absolute atomic E-state index is 5.53. The molecule has 2 rings (SSSR count). The van der Waals surface area contributed by atoms with Crippen molar-refractivity contribution in [3.8, 4) is 5.69 Å². The van der Waals surface area contributed by atoms with Crippen LogP contribution in [0.25, 0.3) is 5.69 Å². The van der Waals surface area contributed by atoms with Gasteiger partial charge in [-0.15, -0.1) is 0 Å². The van der Waals surface area contributed by atoms with Crippen molar-refractivity contribution in [2.75, 3.05) is 40.4 Å². The van der Waals surface area contributed by atoms with Gasteiger partial charge in [-0.05, 0) is 26.2 Å². The van der Waals surface area contributed by atoms with Gasteiger partial charge in [0.1, 0.15) is 0 Å². The Morgan fingerprint density at radius 1 is 1.19 bits per heavy atom. The summed E-state index contributed by atoms with van der Waals surface area (Å²) in [5.41, 5.74) is 2.25. The van der Waals surface area contributed by atoms with Crippen LogP contribution in [0, 0.1) is 0 Å². The van der Waals surface area contributed by atoms with Crippen LogP contribution in [-0.2, 0) is 11.3 Å². The van der Waals surface area contributed by atoms with Gasteiger partial charge in [0, 0.05) is 31.4 Å². The standard InChI is InChI=1S/C16H24N4O/c1-19(2)9-11-21-10-8-17-12-15-13-18-20(14-15)16-6-4-3-5-7-16/h3-7,13-14,17H,8-12H2,1-2H3. The van der Waals surface area contributed by atoms with E-state index in [0.29, 0.717) is 0 Å². The number of para-hydroxylation sites is 1. The highest BCUT2D eigenvalue weighted by Crippen LogP contribution is 2.07. The quantitative estimate of drug-likeness (QED) is 0.711. The SMILES string of the molecule is CN(C)CCOCCNCc1cnn(-c2ccccc2)c1. The predicted molar refractivity (Wildman–Crippen MR) is 84.6 cm³/mol. The van der Waals surface area contributed by atoms with Gasteiger partial charge in [0.25, 0.3) is 0 Å². The zero-order valence-corrected chi connectivity index (χ0v) is 12.8. The van der Waals surface area contributed by atoms with Crippen LogP contribution in [0.2, 0.25) is 0 Å². The minimum atomic E-state index is 0.737. The molecule has 5 heteroatoms. The molecule has 0 radical (unpaired) electrons. The molecule has 2 aromatic rings. The fraction of sp³-hybridized carbons (Fsp3) is 0.438. The normalized spacial score (nSPS) is 11.2. The first-order valence-electron chi connectivity index (χ1n) is 7.28. The molecule has 1 heterocycles. The molecule has 114 valence electrons. The third kappa shape index (κ3) is 5.67. The van der Waals surface area contributed by atoms with Crippen LogP contribution in [0.3, 0.4) is 0 Å². The van der Waals surface area contributed by atoms with E-state index in [0.717, 1.165) is 38.5 Å². The Morgan fingerprint density at radius 3 is 2.76 bits per heavy atom. The second-order valence-electron chi connectivity index (χ2n) is 5.22. The lowest BCUT2D eigenvalue weighted by molar-refractivity contribution is 0.119. The number of nitrogens with one attached hydrogen (secondary N) is 1. The van der Waals surface area contributed by atoms with Crippen LogP contribution < -0.4 is 5.32 Å². The van der Waals surface area contributed by atoms with E-state index in [-0.39, 0.29) is 0 Å². The number of hydrogen-bond acceptors (Lipinski definition) is 4. The third-order valence-electron chi connectivity index (χ3n) is 3.09. The maximum atomic E-state index is 5.53. The maximum Gasteiger partial charge on any atom is 0.0645 e. The molecule has 0 saturated carbocycles. The fourth-order valence-electron chi connectivity index (χ4n) is 1.90. The van der Waals surface area contributed by atoms with E-state index in [1.807, 2.05) is 55.3 Å². The van der Waals surface area contributed by atoms with Crippen molar-refractivity contribution in [2.45, 2.75) is 6.54 Å². The van der Waals surface area contributed by atoms with Crippen LogP contribution in [-0.4, -0.2) is 55.1 Å². The topological polar surface area (TPSA) is 42.3 Å². The zero-order chi connectivity index (χ0) is 14.9. The van der Waals surface area contributed by atoms with Crippen molar-refractivity contribution in [3.63, 3.8) is 0 Å². The first kappa shape index (κ1) is 15.7. The molecule has 0 spiro atoms. The summed E-state index contributed by atoms with van der Waals surface area (Å²) in [5.74, 6) is 0. The number of hydrogen-bond donors (Lipinski definition) is 1. The van der Waals surface area contributed by atoms with Crippen molar-refractivity contribution < 1.29 is 4.74 Å². The third-order valence-corrected chi connectivity index (χ3v) is 3.09. The molecule has 0 bridgehead atoms. The smallest absolute Gasteiger partial charge is 0.0645 e. The van der Waals surface area contributed by atoms with E-state index >= 15 is 0 Å². The highest BCUT2D eigenvalue weighted by atomic mass is 16.5. The lowest BCUT2D eigenvalue weighted by atomic mass is 10.3. The summed E-state index contributed by atoms with van der Waals surface area (Å²) in [6.45, 7) is 4.14. The minimum Gasteiger partial charge on any atom is -0.379 e. The molecule has 1 aromatic heterocycles. The van der Waals surface area contributed by atoms with Gasteiger partial charge in [-0.1, -0.05) is 18.2 Å². The van der Waals surface area contributed by atoms with Crippen LogP contribution in [0.1, 0.15) is 5.56 Å². The summed E-state index contributed by atoms with van der Waals surface area (Å²) in [6, 6.07) is 10.1. The Morgan fingerprint density at radius 2 is 2.00 bits per heavy atom. The monoisotopic (exact) mass is 288 g/mol. The van der Waals surface area contributed by atoms with Gasteiger partial charge in [-0.25, -0.2) is 4.68 Å². The van der Waals surface area contributed by atoms with E-state index in [2.05, 4.69) is 21.5 Å². The van der Waals surface area contributed by atoms with Gasteiger partial charge in [0.05, 0.1) is 25.1 Å². The summed E-state index contributed by atoms with van der Waals surface area (Å²) < 4.78 is 7.43. The van der Waals surface area contributed by atoms with Gasteiger partial charge >= 0.3 is 0 Å². The van der Waals surface area contributed by atoms with E-state index in [1.54, 1.807) is 0 Å². The Bertz CT molecular complexity index is 510. The van der Waals surface area contributed by atoms with Crippen LogP contribution in [0.5, 0.6) is 0 Å². The van der Waals surface area contributed by atoms with Gasteiger partial charge in [0.2, 0.25) is 0 Å². The molecule has 21 heavy (non-hydrogen) atoms. The Kier molecular flexibility index (Phi) is 6.40. The molecule has 0 unspecified atom stereocenters. The van der Waals surface area contributed by atoms with Crippen molar-refractivity contribution in [1.82, 2.24) is 20.0 Å². The highest BCUT2D eigenvalue weighted by Gasteiger charge is 2.00. The number of aromatic nitrogens is 2. The molecule has 0 amide bonds. The second-order valence-corrected chi connectivity index (χ2v) is 5.22. The number of likely N-dealkylation sites (N-methyl/N-ethyl adjacent to an activating group) is 1. The molecule has 0 aliphatic heterocycles. The average molecular weight is 288 g/mol. The van der Waals surface area contributed by atoms with E-state index in [9.17, 15) is 0 Å². The van der Waals surface area contributed by atoms with Crippen molar-refractivity contribution in [2.24, 2.45) is 0 Å². The number of nitrogens with zero attached hydrogens (tertiary/aromatic N) is 3. The lowest BCUT2D eigenvalue weighted by Gasteiger charge is -2.09. The van der Waals surface area contributed by atoms with Crippen LogP contribution in [0.15, 0.2) is 42.7 Å². The molecule has 1 aromatic carbocycles. The van der Waals surface area contributed by atoms with Gasteiger partial charge in [0.15, 0.2) is 0 Å². The summed E-state index contributed by atoms with van der Waals surface area (Å²) in [5, 5.41) is 7.74. The molecule has 1 N–H and O–H groups in total. The number of benzene rings is 1. The molecule has 0 atom stereocenters. The summed E-state index contributed by atoms with van der Waals surface area (Å²) in [6.07, 6.45) is 3.95. The minimum absolute atomic E-state index is 0.737. The predicted octanol–water partition coefficient (Wildman–Crippen LogP) is 1.54. The highest BCUT2D eigenvalue weighted by molar-refractivity contribution is 5.30. The largest absolute Gasteiger partial charge is 0.379 e. The zero-order valence-electron chi connectivity index (χ0n) is 12.8. The molecule has 0 aliphatic rings. The van der Waals surface area contributed by atoms with Crippen LogP contribution >= 0.6 is 0 Å². The molecule has 0 saturated heterocycles. The first-order valence-corrected chi connectivity index (χ1v) is 7.28. The first-order chi connectivity index (χ1) is 10.3. The van der Waals surface area contributed by atoms with Gasteiger partial charge in [-0.3, -0.25) is 0 Å². The fourth-order valence-corrected chi connectivity index (χ4v) is 1.90. The number of rotatable bonds is 9. The van der Waals surface area contributed by atoms with Crippen LogP contribution in [0.4, 0.5) is 0 Å². The molecule has 0 fully saturated rings. The summed E-state index contributed by atoms with van der Waals surface area (Å²) in [4.78, 5) is 2.12. The number of ether oxygens (including phenoxy) is 1. The van der Waals surface area contributed by atoms with Gasteiger partial charge < -0.3 is 15.0 Å². The van der Waals surface area contributed by atoms with Gasteiger partial charge in [-0.2, -0.15) is 5.10 Å². The molecular weight excluding hydrogens is 264 g/mol. The van der Waals surface area contributed by atoms with E-state index in [1.165, 1.54) is 5.56 Å². The summed E-state index contributed by atoms with van der Waals surface area (Å²) >= 11 is 0. The van der Waals surface area contributed by atoms with Crippen molar-refractivity contribution in [3.05, 3.63) is 48.3 Å². The van der Waals surface area contributed by atoms with E-state index < -0.39 is 0 Å². The Balaban J connectivity index is 1.65. The van der Waals surface area contributed by atoms with Crippen molar-refractivity contribution >= 4 is 0 Å².